The summed E-state index contributed by atoms with van der Waals surface area (Å²) in [4.78, 5) is 25.3. The van der Waals surface area contributed by atoms with Gasteiger partial charge in [0.1, 0.15) is 0 Å². The van der Waals surface area contributed by atoms with Crippen LogP contribution in [-0.4, -0.2) is 53.2 Å². The van der Waals surface area contributed by atoms with E-state index in [1.807, 2.05) is 11.2 Å². The molecule has 132 valence electrons. The Morgan fingerprint density at radius 1 is 1.20 bits per heavy atom. The molecule has 5 nitrogen and oxygen atoms in total. The molecule has 0 spiro atoms. The normalized spacial score (nSPS) is 14.7. The Bertz CT molecular complexity index is 791. The first kappa shape index (κ1) is 18.0. The minimum atomic E-state index is -0.122. The number of piperazine rings is 1. The second-order valence-electron chi connectivity index (χ2n) is 6.05. The van der Waals surface area contributed by atoms with Crippen LogP contribution in [0.4, 0.5) is 5.69 Å². The van der Waals surface area contributed by atoms with E-state index < -0.39 is 0 Å². The number of hydrogen-bond acceptors (Lipinski definition) is 5. The topological polar surface area (TPSA) is 49.3 Å². The van der Waals surface area contributed by atoms with Crippen LogP contribution in [0.5, 0.6) is 0 Å². The molecule has 1 aliphatic heterocycles. The summed E-state index contributed by atoms with van der Waals surface area (Å²) in [5, 5.41) is 0.863. The second kappa shape index (κ2) is 7.62. The fraction of sp³-hybridized carbons (Fsp3) is 0.389. The Balaban J connectivity index is 1.72. The molecule has 1 saturated heterocycles. The lowest BCUT2D eigenvalue weighted by molar-refractivity contribution is 0.0740. The molecule has 0 aliphatic carbocycles. The van der Waals surface area contributed by atoms with Crippen LogP contribution in [0, 0.1) is 13.8 Å². The van der Waals surface area contributed by atoms with Gasteiger partial charge in [-0.1, -0.05) is 35.5 Å². The van der Waals surface area contributed by atoms with Gasteiger partial charge in [0, 0.05) is 31.9 Å². The van der Waals surface area contributed by atoms with Gasteiger partial charge >= 0.3 is 0 Å². The number of nitrogens with zero attached hydrogens (tertiary/aromatic N) is 4. The van der Waals surface area contributed by atoms with Crippen LogP contribution in [0.1, 0.15) is 21.6 Å². The number of anilines is 1. The van der Waals surface area contributed by atoms with E-state index in [-0.39, 0.29) is 5.91 Å². The number of rotatable bonds is 3. The molecule has 0 atom stereocenters. The van der Waals surface area contributed by atoms with E-state index in [2.05, 4.69) is 46.9 Å². The number of benzene rings is 1. The predicted molar refractivity (Wildman–Crippen MR) is 103 cm³/mol. The third-order valence-electron chi connectivity index (χ3n) is 4.59. The maximum atomic E-state index is 12.8. The minimum absolute atomic E-state index is 0.122. The van der Waals surface area contributed by atoms with Crippen molar-refractivity contribution in [2.75, 3.05) is 37.3 Å². The summed E-state index contributed by atoms with van der Waals surface area (Å²) in [5.41, 5.74) is 4.12. The third kappa shape index (κ3) is 3.75. The maximum absolute atomic E-state index is 12.8. The molecule has 2 aromatic rings. The Kier molecular flexibility index (Phi) is 5.49. The number of halogens is 1. The summed E-state index contributed by atoms with van der Waals surface area (Å²) in [6.07, 6.45) is 3.38. The van der Waals surface area contributed by atoms with Crippen LogP contribution < -0.4 is 4.90 Å². The molecule has 0 saturated carbocycles. The second-order valence-corrected chi connectivity index (χ2v) is 7.23. The first-order chi connectivity index (χ1) is 12.0. The molecule has 0 N–H and O–H groups in total. The Morgan fingerprint density at radius 2 is 1.92 bits per heavy atom. The summed E-state index contributed by atoms with van der Waals surface area (Å²) in [6, 6.07) is 6.35. The smallest absolute Gasteiger partial charge is 0.274 e. The molecule has 1 aliphatic rings. The van der Waals surface area contributed by atoms with Gasteiger partial charge < -0.3 is 9.80 Å². The first-order valence-electron chi connectivity index (χ1n) is 8.18. The lowest BCUT2D eigenvalue weighted by atomic mass is 10.1. The summed E-state index contributed by atoms with van der Waals surface area (Å²) in [7, 11) is 0. The Labute approximate surface area is 157 Å². The molecule has 1 amide bonds. The SMILES string of the molecule is CSc1ncc(Cl)c(C(=O)N2CCN(c3cccc(C)c3C)CC2)n1. The first-order valence-corrected chi connectivity index (χ1v) is 9.78. The van der Waals surface area contributed by atoms with Gasteiger partial charge in [-0.25, -0.2) is 9.97 Å². The molecule has 3 rings (SSSR count). The Hall–Kier alpha value is -1.79. The molecule has 0 radical (unpaired) electrons. The zero-order valence-corrected chi connectivity index (χ0v) is 16.2. The number of hydrogen-bond donors (Lipinski definition) is 0. The van der Waals surface area contributed by atoms with E-state index in [1.165, 1.54) is 34.8 Å². The number of amides is 1. The maximum Gasteiger partial charge on any atom is 0.274 e. The molecule has 0 bridgehead atoms. The van der Waals surface area contributed by atoms with Gasteiger partial charge in [0.05, 0.1) is 11.2 Å². The fourth-order valence-corrected chi connectivity index (χ4v) is 3.49. The van der Waals surface area contributed by atoms with E-state index in [0.717, 1.165) is 13.1 Å². The average molecular weight is 377 g/mol. The van der Waals surface area contributed by atoms with E-state index in [0.29, 0.717) is 29.0 Å². The molecule has 25 heavy (non-hydrogen) atoms. The number of carbonyl (C=O) groups is 1. The van der Waals surface area contributed by atoms with Crippen molar-refractivity contribution in [2.24, 2.45) is 0 Å². The molecular weight excluding hydrogens is 356 g/mol. The fourth-order valence-electron chi connectivity index (χ4n) is 2.98. The van der Waals surface area contributed by atoms with Crippen LogP contribution in [0.15, 0.2) is 29.6 Å². The van der Waals surface area contributed by atoms with Crippen molar-refractivity contribution in [1.82, 2.24) is 14.9 Å². The lowest BCUT2D eigenvalue weighted by Gasteiger charge is -2.37. The minimum Gasteiger partial charge on any atom is -0.368 e. The van der Waals surface area contributed by atoms with Gasteiger partial charge in [0.2, 0.25) is 0 Å². The van der Waals surface area contributed by atoms with Gasteiger partial charge in [-0.05, 0) is 37.3 Å². The van der Waals surface area contributed by atoms with Crippen molar-refractivity contribution >= 4 is 35.0 Å². The van der Waals surface area contributed by atoms with Gasteiger partial charge in [-0.2, -0.15) is 0 Å². The van der Waals surface area contributed by atoms with Crippen molar-refractivity contribution in [1.29, 1.82) is 0 Å². The summed E-state index contributed by atoms with van der Waals surface area (Å²) < 4.78 is 0. The van der Waals surface area contributed by atoms with Crippen molar-refractivity contribution in [2.45, 2.75) is 19.0 Å². The monoisotopic (exact) mass is 376 g/mol. The zero-order chi connectivity index (χ0) is 18.0. The van der Waals surface area contributed by atoms with E-state index >= 15 is 0 Å². The predicted octanol–water partition coefficient (Wildman–Crippen LogP) is 3.43. The zero-order valence-electron chi connectivity index (χ0n) is 14.6. The third-order valence-corrected chi connectivity index (χ3v) is 5.43. The van der Waals surface area contributed by atoms with E-state index in [9.17, 15) is 4.79 Å². The molecule has 1 aromatic heterocycles. The highest BCUT2D eigenvalue weighted by Crippen LogP contribution is 2.25. The number of thioether (sulfide) groups is 1. The summed E-state index contributed by atoms with van der Waals surface area (Å²) >= 11 is 7.53. The van der Waals surface area contributed by atoms with Crippen LogP contribution in [-0.2, 0) is 0 Å². The van der Waals surface area contributed by atoms with Crippen molar-refractivity contribution in [3.8, 4) is 0 Å². The molecule has 1 aromatic carbocycles. The molecule has 2 heterocycles. The standard InChI is InChI=1S/C18H21ClN4OS/c1-12-5-4-6-15(13(12)2)22-7-9-23(10-8-22)17(24)16-14(19)11-20-18(21-16)25-3/h4-6,11H,7-10H2,1-3H3. The Morgan fingerprint density at radius 3 is 2.60 bits per heavy atom. The van der Waals surface area contributed by atoms with Crippen LogP contribution in [0.25, 0.3) is 0 Å². The van der Waals surface area contributed by atoms with Crippen LogP contribution in [0.3, 0.4) is 0 Å². The largest absolute Gasteiger partial charge is 0.368 e. The average Bonchev–Trinajstić information content (AvgIpc) is 2.64. The van der Waals surface area contributed by atoms with E-state index in [1.54, 1.807) is 0 Å². The molecule has 7 heteroatoms. The summed E-state index contributed by atoms with van der Waals surface area (Å²) in [5.74, 6) is -0.122. The number of aryl methyl sites for hydroxylation is 1. The van der Waals surface area contributed by atoms with Crippen LogP contribution >= 0.6 is 23.4 Å². The summed E-state index contributed by atoms with van der Waals surface area (Å²) in [6.45, 7) is 7.18. The molecule has 1 fully saturated rings. The highest BCUT2D eigenvalue weighted by molar-refractivity contribution is 7.98. The van der Waals surface area contributed by atoms with Gasteiger partial charge in [0.25, 0.3) is 5.91 Å². The lowest BCUT2D eigenvalue weighted by Crippen LogP contribution is -2.49. The van der Waals surface area contributed by atoms with Gasteiger partial charge in [0.15, 0.2) is 10.9 Å². The quantitative estimate of drug-likeness (QED) is 0.606. The van der Waals surface area contributed by atoms with Crippen molar-refractivity contribution < 1.29 is 4.79 Å². The van der Waals surface area contributed by atoms with Crippen molar-refractivity contribution in [3.63, 3.8) is 0 Å². The molecular formula is C18H21ClN4OS. The van der Waals surface area contributed by atoms with Crippen LogP contribution in [0.2, 0.25) is 5.02 Å². The van der Waals surface area contributed by atoms with E-state index in [4.69, 9.17) is 11.6 Å². The molecule has 0 unspecified atom stereocenters. The van der Waals surface area contributed by atoms with Gasteiger partial charge in [-0.15, -0.1) is 0 Å². The van der Waals surface area contributed by atoms with Crippen molar-refractivity contribution in [3.05, 3.63) is 46.2 Å². The highest BCUT2D eigenvalue weighted by atomic mass is 35.5. The number of carbonyl (C=O) groups excluding carboxylic acids is 1. The van der Waals surface area contributed by atoms with Gasteiger partial charge in [-0.3, -0.25) is 4.79 Å². The number of aromatic nitrogens is 2. The highest BCUT2D eigenvalue weighted by Gasteiger charge is 2.26.